The van der Waals surface area contributed by atoms with Crippen molar-refractivity contribution < 1.29 is 14.0 Å². The summed E-state index contributed by atoms with van der Waals surface area (Å²) in [6.07, 6.45) is 0. The van der Waals surface area contributed by atoms with Crippen molar-refractivity contribution in [3.63, 3.8) is 0 Å². The Hall–Kier alpha value is -2.69. The first-order valence-corrected chi connectivity index (χ1v) is 7.31. The molecular formula is C18H19FN2O2. The van der Waals surface area contributed by atoms with Crippen LogP contribution in [0.25, 0.3) is 0 Å². The molecule has 0 atom stereocenters. The van der Waals surface area contributed by atoms with Gasteiger partial charge in [0.1, 0.15) is 6.67 Å². The van der Waals surface area contributed by atoms with E-state index in [1.54, 1.807) is 42.5 Å². The molecule has 0 heterocycles. The second kappa shape index (κ2) is 7.54. The second-order valence-corrected chi connectivity index (χ2v) is 5.28. The Bertz CT molecular complexity index is 716. The maximum atomic E-state index is 12.4. The SMILES string of the molecule is Cc1cccc(C(=O)Nc2ccccc2C(=O)N(C)CCF)c1. The molecule has 0 aliphatic carbocycles. The van der Waals surface area contributed by atoms with Crippen LogP contribution >= 0.6 is 0 Å². The highest BCUT2D eigenvalue weighted by Crippen LogP contribution is 2.18. The summed E-state index contributed by atoms with van der Waals surface area (Å²) in [5.41, 5.74) is 2.24. The largest absolute Gasteiger partial charge is 0.339 e. The number of carbonyl (C=O) groups excluding carboxylic acids is 2. The van der Waals surface area contributed by atoms with Crippen LogP contribution in [0.2, 0.25) is 0 Å². The molecule has 0 saturated heterocycles. The van der Waals surface area contributed by atoms with Gasteiger partial charge in [0, 0.05) is 19.2 Å². The summed E-state index contributed by atoms with van der Waals surface area (Å²) in [6, 6.07) is 13.9. The van der Waals surface area contributed by atoms with E-state index in [1.807, 2.05) is 13.0 Å². The summed E-state index contributed by atoms with van der Waals surface area (Å²) < 4.78 is 12.4. The third kappa shape index (κ3) is 4.16. The van der Waals surface area contributed by atoms with E-state index in [0.29, 0.717) is 16.8 Å². The van der Waals surface area contributed by atoms with E-state index in [0.717, 1.165) is 5.56 Å². The minimum absolute atomic E-state index is 0.0129. The molecule has 2 amide bonds. The molecule has 4 nitrogen and oxygen atoms in total. The Balaban J connectivity index is 2.24. The van der Waals surface area contributed by atoms with E-state index in [1.165, 1.54) is 11.9 Å². The van der Waals surface area contributed by atoms with E-state index in [9.17, 15) is 14.0 Å². The molecule has 120 valence electrons. The van der Waals surface area contributed by atoms with Crippen molar-refractivity contribution in [2.45, 2.75) is 6.92 Å². The normalized spacial score (nSPS) is 10.2. The summed E-state index contributed by atoms with van der Waals surface area (Å²) in [7, 11) is 1.53. The molecule has 5 heteroatoms. The highest BCUT2D eigenvalue weighted by molar-refractivity contribution is 6.09. The van der Waals surface area contributed by atoms with Gasteiger partial charge in [-0.2, -0.15) is 0 Å². The highest BCUT2D eigenvalue weighted by atomic mass is 19.1. The van der Waals surface area contributed by atoms with Crippen molar-refractivity contribution >= 4 is 17.5 Å². The second-order valence-electron chi connectivity index (χ2n) is 5.28. The van der Waals surface area contributed by atoms with E-state index >= 15 is 0 Å². The number of hydrogen-bond donors (Lipinski definition) is 1. The predicted molar refractivity (Wildman–Crippen MR) is 88.5 cm³/mol. The Labute approximate surface area is 134 Å². The number of alkyl halides is 1. The number of nitrogens with zero attached hydrogens (tertiary/aromatic N) is 1. The number of aryl methyl sites for hydroxylation is 1. The van der Waals surface area contributed by atoms with Crippen LogP contribution in [-0.4, -0.2) is 37.0 Å². The molecule has 0 radical (unpaired) electrons. The number of nitrogens with one attached hydrogen (secondary N) is 1. The van der Waals surface area contributed by atoms with Crippen molar-refractivity contribution in [1.29, 1.82) is 0 Å². The molecule has 0 saturated carbocycles. The van der Waals surface area contributed by atoms with Crippen LogP contribution in [0.1, 0.15) is 26.3 Å². The van der Waals surface area contributed by atoms with Crippen molar-refractivity contribution in [3.05, 3.63) is 65.2 Å². The Morgan fingerprint density at radius 2 is 1.87 bits per heavy atom. The monoisotopic (exact) mass is 314 g/mol. The van der Waals surface area contributed by atoms with E-state index in [2.05, 4.69) is 5.32 Å². The van der Waals surface area contributed by atoms with Crippen LogP contribution in [-0.2, 0) is 0 Å². The van der Waals surface area contributed by atoms with E-state index in [4.69, 9.17) is 0 Å². The maximum Gasteiger partial charge on any atom is 0.255 e. The number of anilines is 1. The minimum Gasteiger partial charge on any atom is -0.339 e. The predicted octanol–water partition coefficient (Wildman–Crippen LogP) is 3.29. The van der Waals surface area contributed by atoms with Crippen LogP contribution in [0.3, 0.4) is 0 Å². The number of amides is 2. The molecule has 0 spiro atoms. The average Bonchev–Trinajstić information content (AvgIpc) is 2.55. The molecule has 0 fully saturated rings. The van der Waals surface area contributed by atoms with Gasteiger partial charge >= 0.3 is 0 Å². The molecule has 2 aromatic carbocycles. The Morgan fingerprint density at radius 3 is 2.57 bits per heavy atom. The molecule has 0 aromatic heterocycles. The van der Waals surface area contributed by atoms with Crippen LogP contribution in [0.15, 0.2) is 48.5 Å². The molecule has 23 heavy (non-hydrogen) atoms. The molecular weight excluding hydrogens is 295 g/mol. The number of halogens is 1. The molecule has 1 N–H and O–H groups in total. The number of carbonyl (C=O) groups is 2. The van der Waals surface area contributed by atoms with Gasteiger partial charge in [0.05, 0.1) is 11.3 Å². The number of para-hydroxylation sites is 1. The Morgan fingerprint density at radius 1 is 1.13 bits per heavy atom. The number of hydrogen-bond acceptors (Lipinski definition) is 2. The van der Waals surface area contributed by atoms with Gasteiger partial charge in [0.2, 0.25) is 0 Å². The lowest BCUT2D eigenvalue weighted by Gasteiger charge is -2.18. The molecule has 0 aliphatic heterocycles. The van der Waals surface area contributed by atoms with Gasteiger partial charge in [0.25, 0.3) is 11.8 Å². The molecule has 0 bridgehead atoms. The van der Waals surface area contributed by atoms with Gasteiger partial charge in [-0.25, -0.2) is 4.39 Å². The third-order valence-electron chi connectivity index (χ3n) is 3.45. The molecule has 2 aromatic rings. The first kappa shape index (κ1) is 16.7. The van der Waals surface area contributed by atoms with Gasteiger partial charge in [-0.15, -0.1) is 0 Å². The van der Waals surface area contributed by atoms with Gasteiger partial charge in [-0.1, -0.05) is 29.8 Å². The number of rotatable bonds is 5. The average molecular weight is 314 g/mol. The highest BCUT2D eigenvalue weighted by Gasteiger charge is 2.17. The van der Waals surface area contributed by atoms with Crippen molar-refractivity contribution in [3.8, 4) is 0 Å². The van der Waals surface area contributed by atoms with Crippen LogP contribution in [0.5, 0.6) is 0 Å². The first-order chi connectivity index (χ1) is 11.0. The summed E-state index contributed by atoms with van der Waals surface area (Å²) in [4.78, 5) is 26.0. The van der Waals surface area contributed by atoms with Crippen LogP contribution in [0, 0.1) is 6.92 Å². The maximum absolute atomic E-state index is 12.4. The van der Waals surface area contributed by atoms with Crippen molar-refractivity contribution in [2.75, 3.05) is 25.6 Å². The van der Waals surface area contributed by atoms with Gasteiger partial charge in [0.15, 0.2) is 0 Å². The fraction of sp³-hybridized carbons (Fsp3) is 0.222. The van der Waals surface area contributed by atoms with E-state index in [-0.39, 0.29) is 18.4 Å². The Kier molecular flexibility index (Phi) is 5.46. The lowest BCUT2D eigenvalue weighted by Crippen LogP contribution is -2.29. The third-order valence-corrected chi connectivity index (χ3v) is 3.45. The van der Waals surface area contributed by atoms with Crippen LogP contribution < -0.4 is 5.32 Å². The zero-order valence-electron chi connectivity index (χ0n) is 13.2. The number of benzene rings is 2. The summed E-state index contributed by atoms with van der Waals surface area (Å²) in [5, 5.41) is 2.75. The molecule has 2 rings (SSSR count). The smallest absolute Gasteiger partial charge is 0.255 e. The van der Waals surface area contributed by atoms with E-state index < -0.39 is 6.67 Å². The van der Waals surface area contributed by atoms with Crippen molar-refractivity contribution in [2.24, 2.45) is 0 Å². The fourth-order valence-electron chi connectivity index (χ4n) is 2.19. The van der Waals surface area contributed by atoms with Gasteiger partial charge in [-0.05, 0) is 31.2 Å². The topological polar surface area (TPSA) is 49.4 Å². The van der Waals surface area contributed by atoms with Gasteiger partial charge < -0.3 is 10.2 Å². The summed E-state index contributed by atoms with van der Waals surface area (Å²) in [5.74, 6) is -0.620. The lowest BCUT2D eigenvalue weighted by atomic mass is 10.1. The van der Waals surface area contributed by atoms with Crippen LogP contribution in [0.4, 0.5) is 10.1 Å². The first-order valence-electron chi connectivity index (χ1n) is 7.31. The summed E-state index contributed by atoms with van der Waals surface area (Å²) in [6.45, 7) is 1.30. The van der Waals surface area contributed by atoms with Crippen molar-refractivity contribution in [1.82, 2.24) is 4.90 Å². The zero-order valence-corrected chi connectivity index (χ0v) is 13.2. The molecule has 0 aliphatic rings. The molecule has 0 unspecified atom stereocenters. The quantitative estimate of drug-likeness (QED) is 0.920. The summed E-state index contributed by atoms with van der Waals surface area (Å²) >= 11 is 0. The lowest BCUT2D eigenvalue weighted by molar-refractivity contribution is 0.0787. The van der Waals surface area contributed by atoms with Gasteiger partial charge in [-0.3, -0.25) is 9.59 Å². The zero-order chi connectivity index (χ0) is 16.8. The standard InChI is InChI=1S/C18H19FN2O2/c1-13-6-5-7-14(12-13)17(22)20-16-9-4-3-8-15(16)18(23)21(2)11-10-19/h3-9,12H,10-11H2,1-2H3,(H,20,22). The minimum atomic E-state index is -0.611. The fourth-order valence-corrected chi connectivity index (χ4v) is 2.19.